The van der Waals surface area contributed by atoms with Crippen molar-refractivity contribution in [2.45, 2.75) is 83.7 Å². The highest BCUT2D eigenvalue weighted by molar-refractivity contribution is 5.66. The van der Waals surface area contributed by atoms with Crippen molar-refractivity contribution in [1.29, 1.82) is 0 Å². The highest BCUT2D eigenvalue weighted by Crippen LogP contribution is 2.09. The predicted octanol–water partition coefficient (Wildman–Crippen LogP) is 5.35. The van der Waals surface area contributed by atoms with Crippen molar-refractivity contribution in [3.8, 4) is 0 Å². The summed E-state index contributed by atoms with van der Waals surface area (Å²) in [4.78, 5) is 14.8. The molecule has 0 spiro atoms. The van der Waals surface area contributed by atoms with E-state index in [1.807, 2.05) is 18.2 Å². The fraction of sp³-hybridized carbons (Fsp3) is 0.722. The zero-order chi connectivity index (χ0) is 16.5. The number of carboxylic acid groups (broad SMARTS) is 1. The third kappa shape index (κ3) is 15.3. The van der Waals surface area contributed by atoms with Crippen molar-refractivity contribution < 1.29 is 20.0 Å². The van der Waals surface area contributed by atoms with E-state index in [0.29, 0.717) is 0 Å². The lowest BCUT2D eigenvalue weighted by molar-refractivity contribution is -0.267. The van der Waals surface area contributed by atoms with Crippen LogP contribution in [0.5, 0.6) is 0 Å². The molecule has 0 aliphatic heterocycles. The first-order valence-corrected chi connectivity index (χ1v) is 8.56. The quantitative estimate of drug-likeness (QED) is 0.185. The number of rotatable bonds is 15. The van der Waals surface area contributed by atoms with E-state index in [1.54, 1.807) is 0 Å². The van der Waals surface area contributed by atoms with Crippen LogP contribution in [0.25, 0.3) is 0 Å². The highest BCUT2D eigenvalue weighted by Gasteiger charge is 2.02. The summed E-state index contributed by atoms with van der Waals surface area (Å²) in [6.45, 7) is 2.15. The third-order valence-corrected chi connectivity index (χ3v) is 3.56. The third-order valence-electron chi connectivity index (χ3n) is 3.56. The lowest BCUT2D eigenvalue weighted by atomic mass is 10.1. The largest absolute Gasteiger partial charge is 0.481 e. The van der Waals surface area contributed by atoms with Gasteiger partial charge in [-0.1, -0.05) is 69.8 Å². The Labute approximate surface area is 134 Å². The smallest absolute Gasteiger partial charge is 0.303 e. The molecular weight excluding hydrogens is 280 g/mol. The summed E-state index contributed by atoms with van der Waals surface area (Å²) in [5, 5.41) is 17.3. The summed E-state index contributed by atoms with van der Waals surface area (Å²) >= 11 is 0. The Morgan fingerprint density at radius 1 is 1.05 bits per heavy atom. The zero-order valence-corrected chi connectivity index (χ0v) is 13.9. The van der Waals surface area contributed by atoms with Crippen LogP contribution in [0.1, 0.15) is 77.6 Å². The van der Waals surface area contributed by atoms with E-state index in [1.165, 1.54) is 0 Å². The van der Waals surface area contributed by atoms with Crippen LogP contribution in [0, 0.1) is 0 Å². The minimum absolute atomic E-state index is 0.203. The number of hydrogen-bond acceptors (Lipinski definition) is 3. The van der Waals surface area contributed by atoms with E-state index in [9.17, 15) is 4.79 Å². The Morgan fingerprint density at radius 3 is 2.45 bits per heavy atom. The molecule has 22 heavy (non-hydrogen) atoms. The van der Waals surface area contributed by atoms with Gasteiger partial charge in [0, 0.05) is 6.42 Å². The Morgan fingerprint density at radius 2 is 1.77 bits per heavy atom. The van der Waals surface area contributed by atoms with Gasteiger partial charge >= 0.3 is 5.97 Å². The van der Waals surface area contributed by atoms with Gasteiger partial charge in [0.25, 0.3) is 0 Å². The van der Waals surface area contributed by atoms with Crippen LogP contribution in [-0.2, 0) is 9.68 Å². The second-order valence-corrected chi connectivity index (χ2v) is 5.65. The van der Waals surface area contributed by atoms with Gasteiger partial charge in [-0.15, -0.1) is 0 Å². The van der Waals surface area contributed by atoms with E-state index in [-0.39, 0.29) is 12.5 Å². The van der Waals surface area contributed by atoms with Crippen LogP contribution in [0.4, 0.5) is 0 Å². The molecule has 0 aromatic heterocycles. The number of hydrogen-bond donors (Lipinski definition) is 2. The van der Waals surface area contributed by atoms with Gasteiger partial charge in [0.1, 0.15) is 6.10 Å². The number of carboxylic acids is 1. The maximum absolute atomic E-state index is 10.3. The Kier molecular flexibility index (Phi) is 15.4. The molecule has 0 aliphatic carbocycles. The Balaban J connectivity index is 3.51. The van der Waals surface area contributed by atoms with Crippen molar-refractivity contribution in [3.05, 3.63) is 24.3 Å². The van der Waals surface area contributed by atoms with E-state index >= 15 is 0 Å². The summed E-state index contributed by atoms with van der Waals surface area (Å²) in [7, 11) is 0. The second kappa shape index (κ2) is 16.2. The van der Waals surface area contributed by atoms with Crippen molar-refractivity contribution in [2.24, 2.45) is 0 Å². The molecule has 0 aromatic carbocycles. The van der Waals surface area contributed by atoms with Crippen LogP contribution in [0.3, 0.4) is 0 Å². The Hall–Kier alpha value is -1.13. The molecule has 0 aliphatic rings. The summed E-state index contributed by atoms with van der Waals surface area (Å²) in [6.07, 6.45) is 18.5. The van der Waals surface area contributed by atoms with Crippen LogP contribution >= 0.6 is 0 Å². The van der Waals surface area contributed by atoms with Crippen molar-refractivity contribution in [3.63, 3.8) is 0 Å². The molecule has 0 bridgehead atoms. The number of unbranched alkanes of at least 4 members (excludes halogenated alkanes) is 7. The van der Waals surface area contributed by atoms with E-state index < -0.39 is 5.97 Å². The minimum atomic E-state index is -0.699. The molecule has 4 heteroatoms. The van der Waals surface area contributed by atoms with Crippen LogP contribution in [0.2, 0.25) is 0 Å². The van der Waals surface area contributed by atoms with Crippen molar-refractivity contribution in [1.82, 2.24) is 0 Å². The second-order valence-electron chi connectivity index (χ2n) is 5.65. The first-order valence-electron chi connectivity index (χ1n) is 8.56. The molecule has 0 heterocycles. The van der Waals surface area contributed by atoms with Gasteiger partial charge in [-0.25, -0.2) is 4.89 Å². The number of aliphatic carboxylic acids is 1. The van der Waals surface area contributed by atoms with Crippen molar-refractivity contribution >= 4 is 5.97 Å². The van der Waals surface area contributed by atoms with E-state index in [4.69, 9.17) is 10.4 Å². The van der Waals surface area contributed by atoms with E-state index in [2.05, 4.69) is 17.9 Å². The molecule has 2 N–H and O–H groups in total. The van der Waals surface area contributed by atoms with Gasteiger partial charge < -0.3 is 5.11 Å². The molecule has 0 radical (unpaired) electrons. The standard InChI is InChI=1S/C18H32O4/c1-2-3-11-14-17(22-21)15-12-9-7-5-4-6-8-10-13-16-18(19)20/h7,9,12,15,17,21H,2-6,8,10-11,13-14,16H2,1H3,(H,19,20)/b9-7+,15-12-/t17-/m0/s1. The SMILES string of the molecule is CCCCC[C@@H](/C=C\C=C\CCCCCCCC(=O)O)OO. The monoisotopic (exact) mass is 312 g/mol. The molecule has 0 unspecified atom stereocenters. The summed E-state index contributed by atoms with van der Waals surface area (Å²) in [5.74, 6) is -0.699. The van der Waals surface area contributed by atoms with E-state index in [0.717, 1.165) is 64.2 Å². The maximum Gasteiger partial charge on any atom is 0.303 e. The summed E-state index contributed by atoms with van der Waals surface area (Å²) in [6, 6.07) is 0. The molecule has 0 fully saturated rings. The molecule has 0 saturated heterocycles. The average molecular weight is 312 g/mol. The van der Waals surface area contributed by atoms with Gasteiger partial charge in [0.05, 0.1) is 0 Å². The molecule has 0 rings (SSSR count). The van der Waals surface area contributed by atoms with Gasteiger partial charge in [-0.05, 0) is 25.7 Å². The molecule has 0 amide bonds. The molecule has 1 atom stereocenters. The Bertz CT molecular complexity index is 310. The minimum Gasteiger partial charge on any atom is -0.481 e. The molecule has 0 aromatic rings. The molecule has 4 nitrogen and oxygen atoms in total. The number of allylic oxidation sites excluding steroid dienone is 3. The van der Waals surface area contributed by atoms with Gasteiger partial charge in [0.15, 0.2) is 0 Å². The first-order chi connectivity index (χ1) is 10.7. The zero-order valence-electron chi connectivity index (χ0n) is 13.9. The fourth-order valence-electron chi connectivity index (χ4n) is 2.21. The summed E-state index contributed by atoms with van der Waals surface area (Å²) < 4.78 is 0. The average Bonchev–Trinajstić information content (AvgIpc) is 2.50. The molecule has 0 saturated carbocycles. The van der Waals surface area contributed by atoms with Gasteiger partial charge in [-0.2, -0.15) is 0 Å². The normalized spacial score (nSPS) is 13.2. The van der Waals surface area contributed by atoms with Gasteiger partial charge in [-0.3, -0.25) is 10.1 Å². The van der Waals surface area contributed by atoms with Gasteiger partial charge in [0.2, 0.25) is 0 Å². The predicted molar refractivity (Wildman–Crippen MR) is 89.9 cm³/mol. The summed E-state index contributed by atoms with van der Waals surface area (Å²) in [5.41, 5.74) is 0. The van der Waals surface area contributed by atoms with Crippen LogP contribution in [-0.4, -0.2) is 22.4 Å². The lowest BCUT2D eigenvalue weighted by Crippen LogP contribution is -2.06. The lowest BCUT2D eigenvalue weighted by Gasteiger charge is -2.07. The molecular formula is C18H32O4. The highest BCUT2D eigenvalue weighted by atomic mass is 17.1. The fourth-order valence-corrected chi connectivity index (χ4v) is 2.21. The maximum atomic E-state index is 10.3. The topological polar surface area (TPSA) is 66.8 Å². The van der Waals surface area contributed by atoms with Crippen LogP contribution in [0.15, 0.2) is 24.3 Å². The number of carbonyl (C=O) groups is 1. The van der Waals surface area contributed by atoms with Crippen LogP contribution < -0.4 is 0 Å². The first kappa shape index (κ1) is 20.9. The molecule has 128 valence electrons. The van der Waals surface area contributed by atoms with Crippen molar-refractivity contribution in [2.75, 3.05) is 0 Å².